The zero-order valence-corrected chi connectivity index (χ0v) is 20.2. The fourth-order valence-electron chi connectivity index (χ4n) is 4.51. The quantitative estimate of drug-likeness (QED) is 0.472. The molecule has 0 N–H and O–H groups in total. The largest absolute Gasteiger partial charge is 0.376 e. The first kappa shape index (κ1) is 22.5. The van der Waals surface area contributed by atoms with Crippen molar-refractivity contribution in [2.75, 3.05) is 50.8 Å². The molecule has 1 atom stereocenters. The van der Waals surface area contributed by atoms with Crippen LogP contribution in [0.3, 0.4) is 0 Å². The summed E-state index contributed by atoms with van der Waals surface area (Å²) in [5, 5.41) is 0. The SMILES string of the molecule is CCN1CCN(c2nc3ccccn3c(=O)c2/C=C2\SC(=S)N(CC3CCCO3)C2=O)CC1. The number of rotatable bonds is 5. The average Bonchev–Trinajstić information content (AvgIpc) is 3.45. The smallest absolute Gasteiger partial charge is 0.267 e. The lowest BCUT2D eigenvalue weighted by Crippen LogP contribution is -2.47. The highest BCUT2D eigenvalue weighted by Crippen LogP contribution is 2.34. The summed E-state index contributed by atoms with van der Waals surface area (Å²) in [4.78, 5) is 38.1. The molecular weight excluding hydrogens is 458 g/mol. The predicted molar refractivity (Wildman–Crippen MR) is 135 cm³/mol. The third-order valence-corrected chi connectivity index (χ3v) is 7.80. The van der Waals surface area contributed by atoms with Crippen molar-refractivity contribution >= 4 is 51.7 Å². The first-order chi connectivity index (χ1) is 16.0. The molecule has 3 aliphatic rings. The second-order valence-electron chi connectivity index (χ2n) is 8.43. The second-order valence-corrected chi connectivity index (χ2v) is 10.1. The van der Waals surface area contributed by atoms with Crippen LogP contribution in [0.25, 0.3) is 11.7 Å². The van der Waals surface area contributed by atoms with Crippen LogP contribution in [0, 0.1) is 0 Å². The molecule has 0 spiro atoms. The van der Waals surface area contributed by atoms with E-state index in [1.807, 2.05) is 12.1 Å². The lowest BCUT2D eigenvalue weighted by atomic mass is 10.2. The standard InChI is InChI=1S/C23H27N5O3S2/c1-2-25-9-11-26(12-10-25)20-17(21(29)27-8-4-3-7-19(27)24-20)14-18-22(30)28(23(32)33-18)15-16-6-5-13-31-16/h3-4,7-8,14,16H,2,5-6,9-13,15H2,1H3/b18-14-. The molecule has 2 aromatic rings. The Morgan fingerprint density at radius 1 is 1.24 bits per heavy atom. The molecule has 0 bridgehead atoms. The van der Waals surface area contributed by atoms with Gasteiger partial charge >= 0.3 is 0 Å². The number of anilines is 1. The molecule has 1 unspecified atom stereocenters. The predicted octanol–water partition coefficient (Wildman–Crippen LogP) is 2.22. The second kappa shape index (κ2) is 9.54. The van der Waals surface area contributed by atoms with Crippen LogP contribution in [0.15, 0.2) is 34.1 Å². The fraction of sp³-hybridized carbons (Fsp3) is 0.478. The number of piperazine rings is 1. The van der Waals surface area contributed by atoms with Gasteiger partial charge in [-0.2, -0.15) is 0 Å². The number of amides is 1. The Labute approximate surface area is 202 Å². The van der Waals surface area contributed by atoms with Crippen LogP contribution >= 0.6 is 24.0 Å². The van der Waals surface area contributed by atoms with Crippen LogP contribution in [0.4, 0.5) is 5.82 Å². The van der Waals surface area contributed by atoms with Gasteiger partial charge in [-0.1, -0.05) is 37.0 Å². The normalized spacial score (nSPS) is 23.4. The minimum absolute atomic E-state index is 0.0187. The Hall–Kier alpha value is -2.27. The average molecular weight is 486 g/mol. The number of hydrogen-bond donors (Lipinski definition) is 0. The van der Waals surface area contributed by atoms with Gasteiger partial charge in [0.1, 0.15) is 15.8 Å². The van der Waals surface area contributed by atoms with Gasteiger partial charge in [-0.3, -0.25) is 18.9 Å². The molecule has 10 heteroatoms. The molecule has 2 aromatic heterocycles. The van der Waals surface area contributed by atoms with Crippen molar-refractivity contribution in [2.45, 2.75) is 25.9 Å². The molecule has 0 aliphatic carbocycles. The number of hydrogen-bond acceptors (Lipinski definition) is 8. The first-order valence-electron chi connectivity index (χ1n) is 11.4. The van der Waals surface area contributed by atoms with Gasteiger partial charge in [-0.15, -0.1) is 0 Å². The topological polar surface area (TPSA) is 70.4 Å². The number of nitrogens with zero attached hydrogens (tertiary/aromatic N) is 5. The summed E-state index contributed by atoms with van der Waals surface area (Å²) >= 11 is 6.74. The van der Waals surface area contributed by atoms with Crippen molar-refractivity contribution in [3.8, 4) is 0 Å². The number of aromatic nitrogens is 2. The number of pyridine rings is 1. The van der Waals surface area contributed by atoms with Crippen LogP contribution in [0.1, 0.15) is 25.3 Å². The molecule has 3 saturated heterocycles. The lowest BCUT2D eigenvalue weighted by molar-refractivity contribution is -0.123. The third-order valence-electron chi connectivity index (χ3n) is 6.43. The van der Waals surface area contributed by atoms with Gasteiger partial charge in [-0.25, -0.2) is 4.98 Å². The number of carbonyl (C=O) groups excluding carboxylic acids is 1. The maximum Gasteiger partial charge on any atom is 0.267 e. The maximum absolute atomic E-state index is 13.5. The molecule has 174 valence electrons. The Morgan fingerprint density at radius 3 is 2.79 bits per heavy atom. The minimum atomic E-state index is -0.182. The Bertz CT molecular complexity index is 1170. The number of thioether (sulfide) groups is 1. The summed E-state index contributed by atoms with van der Waals surface area (Å²) in [6.45, 7) is 7.73. The summed E-state index contributed by atoms with van der Waals surface area (Å²) in [7, 11) is 0. The minimum Gasteiger partial charge on any atom is -0.376 e. The van der Waals surface area contributed by atoms with Gasteiger partial charge < -0.3 is 14.5 Å². The summed E-state index contributed by atoms with van der Waals surface area (Å²) in [6, 6.07) is 5.51. The molecule has 1 amide bonds. The van der Waals surface area contributed by atoms with Gasteiger partial charge in [0, 0.05) is 39.0 Å². The number of ether oxygens (including phenoxy) is 1. The zero-order chi connectivity index (χ0) is 22.9. The molecule has 0 radical (unpaired) electrons. The highest BCUT2D eigenvalue weighted by atomic mass is 32.2. The number of likely N-dealkylation sites (N-methyl/N-ethyl adjacent to an activating group) is 1. The van der Waals surface area contributed by atoms with Crippen LogP contribution in [-0.4, -0.2) is 81.4 Å². The maximum atomic E-state index is 13.5. The van der Waals surface area contributed by atoms with Gasteiger partial charge in [0.2, 0.25) is 0 Å². The van der Waals surface area contributed by atoms with Crippen molar-refractivity contribution in [2.24, 2.45) is 0 Å². The lowest BCUT2D eigenvalue weighted by Gasteiger charge is -2.35. The summed E-state index contributed by atoms with van der Waals surface area (Å²) < 4.78 is 7.73. The van der Waals surface area contributed by atoms with E-state index in [0.717, 1.165) is 52.2 Å². The molecule has 5 heterocycles. The Morgan fingerprint density at radius 2 is 2.06 bits per heavy atom. The number of carbonyl (C=O) groups is 1. The van der Waals surface area contributed by atoms with E-state index >= 15 is 0 Å². The third kappa shape index (κ3) is 4.44. The summed E-state index contributed by atoms with van der Waals surface area (Å²) in [5.41, 5.74) is 0.845. The van der Waals surface area contributed by atoms with Crippen molar-refractivity contribution < 1.29 is 9.53 Å². The Kier molecular flexibility index (Phi) is 6.51. The molecule has 8 nitrogen and oxygen atoms in total. The van der Waals surface area contributed by atoms with Crippen molar-refractivity contribution in [3.05, 3.63) is 45.2 Å². The number of fused-ring (bicyclic) bond motifs is 1. The van der Waals surface area contributed by atoms with Crippen LogP contribution in [0.5, 0.6) is 0 Å². The molecule has 3 fully saturated rings. The Balaban J connectivity index is 1.52. The molecular formula is C23H27N5O3S2. The van der Waals surface area contributed by atoms with Crippen molar-refractivity contribution in [3.63, 3.8) is 0 Å². The highest BCUT2D eigenvalue weighted by molar-refractivity contribution is 8.26. The van der Waals surface area contributed by atoms with Crippen molar-refractivity contribution in [1.82, 2.24) is 19.2 Å². The van der Waals surface area contributed by atoms with E-state index in [1.165, 1.54) is 16.2 Å². The highest BCUT2D eigenvalue weighted by Gasteiger charge is 2.35. The molecule has 3 aliphatic heterocycles. The van der Waals surface area contributed by atoms with Crippen LogP contribution < -0.4 is 10.5 Å². The van der Waals surface area contributed by atoms with Crippen LogP contribution in [-0.2, 0) is 9.53 Å². The fourth-order valence-corrected chi connectivity index (χ4v) is 5.77. The number of thiocarbonyl (C=S) groups is 1. The monoisotopic (exact) mass is 485 g/mol. The van der Waals surface area contributed by atoms with Gasteiger partial charge in [0.15, 0.2) is 0 Å². The molecule has 5 rings (SSSR count). The molecule has 0 aromatic carbocycles. The van der Waals surface area contributed by atoms with E-state index in [2.05, 4.69) is 16.7 Å². The van der Waals surface area contributed by atoms with E-state index in [0.29, 0.717) is 32.8 Å². The van der Waals surface area contributed by atoms with E-state index in [4.69, 9.17) is 21.9 Å². The van der Waals surface area contributed by atoms with Gasteiger partial charge in [0.25, 0.3) is 11.5 Å². The molecule has 0 saturated carbocycles. The van der Waals surface area contributed by atoms with Crippen LogP contribution in [0.2, 0.25) is 0 Å². The van der Waals surface area contributed by atoms with E-state index in [9.17, 15) is 9.59 Å². The molecule has 33 heavy (non-hydrogen) atoms. The van der Waals surface area contributed by atoms with Gasteiger partial charge in [0.05, 0.1) is 23.1 Å². The van der Waals surface area contributed by atoms with E-state index in [1.54, 1.807) is 23.2 Å². The summed E-state index contributed by atoms with van der Waals surface area (Å²) in [6.07, 6.45) is 5.35. The van der Waals surface area contributed by atoms with E-state index in [-0.39, 0.29) is 17.6 Å². The van der Waals surface area contributed by atoms with E-state index < -0.39 is 0 Å². The summed E-state index contributed by atoms with van der Waals surface area (Å²) in [5.74, 6) is 0.464. The van der Waals surface area contributed by atoms with Crippen molar-refractivity contribution in [1.29, 1.82) is 0 Å². The zero-order valence-electron chi connectivity index (χ0n) is 18.6. The van der Waals surface area contributed by atoms with Gasteiger partial charge in [-0.05, 0) is 37.6 Å². The first-order valence-corrected chi connectivity index (χ1v) is 12.6.